The number of aryl methyl sites for hydroxylation is 1. The Balaban J connectivity index is 2.15. The van der Waals surface area contributed by atoms with E-state index in [0.717, 1.165) is 0 Å². The number of pyridine rings is 1. The van der Waals surface area contributed by atoms with Gasteiger partial charge in [-0.25, -0.2) is 4.98 Å². The molecule has 0 aliphatic heterocycles. The molecule has 0 atom stereocenters. The Bertz CT molecular complexity index is 522. The van der Waals surface area contributed by atoms with E-state index in [0.29, 0.717) is 11.0 Å². The predicted octanol–water partition coefficient (Wildman–Crippen LogP) is 2.27. The molecule has 0 fully saturated rings. The minimum Gasteiger partial charge on any atom is -0.369 e. The number of aromatic nitrogens is 3. The number of hydrogen-bond acceptors (Lipinski definition) is 4. The van der Waals surface area contributed by atoms with E-state index in [4.69, 9.17) is 5.73 Å². The second-order valence-corrected chi connectivity index (χ2v) is 4.44. The van der Waals surface area contributed by atoms with Crippen LogP contribution in [0.4, 0.5) is 19.1 Å². The third-order valence-electron chi connectivity index (χ3n) is 2.16. The molecule has 0 spiro atoms. The lowest BCUT2D eigenvalue weighted by molar-refractivity contribution is -0.0328. The zero-order valence-corrected chi connectivity index (χ0v) is 9.42. The van der Waals surface area contributed by atoms with E-state index >= 15 is 0 Å². The maximum absolute atomic E-state index is 12.0. The van der Waals surface area contributed by atoms with Crippen LogP contribution in [-0.4, -0.2) is 25.8 Å². The number of hydrogen-bond donors (Lipinski definition) is 1. The van der Waals surface area contributed by atoms with Crippen molar-refractivity contribution in [2.24, 2.45) is 0 Å². The smallest absolute Gasteiger partial charge is 0.369 e. The fraction of sp³-hybridized carbons (Fsp3) is 0.333. The molecule has 0 unspecified atom stereocenters. The van der Waals surface area contributed by atoms with Gasteiger partial charge in [-0.15, -0.1) is 0 Å². The molecule has 0 aliphatic carbocycles. The first-order chi connectivity index (χ1) is 7.97. The minimum absolute atomic E-state index is 0.0707. The summed E-state index contributed by atoms with van der Waals surface area (Å²) in [5.41, 5.74) is 2.70. The van der Waals surface area contributed by atoms with Crippen molar-refractivity contribution in [3.63, 3.8) is 0 Å². The topological polar surface area (TPSA) is 56.7 Å². The molecule has 2 aromatic rings. The fourth-order valence-electron chi connectivity index (χ4n) is 1.49. The number of nitrogens with zero attached hydrogens (tertiary/aromatic N) is 3. The van der Waals surface area contributed by atoms with Crippen molar-refractivity contribution in [1.29, 1.82) is 0 Å². The van der Waals surface area contributed by atoms with Crippen LogP contribution in [0.25, 0.3) is 11.0 Å². The molecule has 0 saturated carbocycles. The zero-order chi connectivity index (χ0) is 12.5. The van der Waals surface area contributed by atoms with Gasteiger partial charge in [0.1, 0.15) is 5.52 Å². The fourth-order valence-corrected chi connectivity index (χ4v) is 1.99. The van der Waals surface area contributed by atoms with Gasteiger partial charge < -0.3 is 10.3 Å². The summed E-state index contributed by atoms with van der Waals surface area (Å²) in [6.07, 6.45) is 3.08. The Morgan fingerprint density at radius 1 is 1.41 bits per heavy atom. The first kappa shape index (κ1) is 12.0. The highest BCUT2D eigenvalue weighted by Gasteiger charge is 2.27. The maximum atomic E-state index is 12.0. The number of halogens is 3. The van der Waals surface area contributed by atoms with Crippen LogP contribution in [-0.2, 0) is 6.54 Å². The van der Waals surface area contributed by atoms with Crippen LogP contribution in [0, 0.1) is 0 Å². The first-order valence-electron chi connectivity index (χ1n) is 4.74. The highest BCUT2D eigenvalue weighted by atomic mass is 32.2. The minimum atomic E-state index is -4.22. The Hall–Kier alpha value is -1.44. The first-order valence-corrected chi connectivity index (χ1v) is 5.72. The zero-order valence-electron chi connectivity index (χ0n) is 8.61. The molecule has 0 saturated heterocycles. The van der Waals surface area contributed by atoms with Gasteiger partial charge in [0.25, 0.3) is 0 Å². The lowest BCUT2D eigenvalue weighted by Gasteiger charge is -2.07. The van der Waals surface area contributed by atoms with Crippen molar-refractivity contribution in [1.82, 2.24) is 14.5 Å². The van der Waals surface area contributed by atoms with Crippen molar-refractivity contribution in [2.75, 3.05) is 11.5 Å². The van der Waals surface area contributed by atoms with Gasteiger partial charge in [0, 0.05) is 18.5 Å². The molecule has 0 radical (unpaired) electrons. The molecule has 2 heterocycles. The van der Waals surface area contributed by atoms with Crippen molar-refractivity contribution in [3.05, 3.63) is 18.5 Å². The number of imidazole rings is 1. The largest absolute Gasteiger partial charge is 0.441 e. The summed E-state index contributed by atoms with van der Waals surface area (Å²) < 4.78 is 37.5. The summed E-state index contributed by atoms with van der Waals surface area (Å²) in [7, 11) is 0. The van der Waals surface area contributed by atoms with E-state index in [2.05, 4.69) is 9.97 Å². The van der Waals surface area contributed by atoms with Crippen LogP contribution in [0.2, 0.25) is 0 Å². The van der Waals surface area contributed by atoms with Gasteiger partial charge in [-0.1, -0.05) is 0 Å². The number of nitrogen functional groups attached to an aromatic ring is 1. The third-order valence-corrected chi connectivity index (χ3v) is 2.87. The second kappa shape index (κ2) is 4.44. The third kappa shape index (κ3) is 2.82. The van der Waals surface area contributed by atoms with E-state index in [1.54, 1.807) is 16.8 Å². The molecular formula is C9H9F3N4S. The number of thioether (sulfide) groups is 1. The lowest BCUT2D eigenvalue weighted by atomic mass is 10.4. The van der Waals surface area contributed by atoms with E-state index in [9.17, 15) is 13.2 Å². The Kier molecular flexibility index (Phi) is 3.14. The molecule has 0 bridgehead atoms. The number of rotatable bonds is 3. The van der Waals surface area contributed by atoms with Crippen molar-refractivity contribution in [3.8, 4) is 0 Å². The van der Waals surface area contributed by atoms with E-state index in [1.165, 1.54) is 6.20 Å². The van der Waals surface area contributed by atoms with Crippen LogP contribution in [0.1, 0.15) is 0 Å². The van der Waals surface area contributed by atoms with Crippen LogP contribution in [0.5, 0.6) is 0 Å². The molecule has 0 aliphatic rings. The van der Waals surface area contributed by atoms with Gasteiger partial charge in [0.15, 0.2) is 0 Å². The Morgan fingerprint density at radius 2 is 2.18 bits per heavy atom. The summed E-state index contributed by atoms with van der Waals surface area (Å²) >= 11 is -0.0707. The van der Waals surface area contributed by atoms with Gasteiger partial charge in [0.2, 0.25) is 5.95 Å². The monoisotopic (exact) mass is 262 g/mol. The lowest BCUT2D eigenvalue weighted by Crippen LogP contribution is -2.09. The summed E-state index contributed by atoms with van der Waals surface area (Å²) in [5.74, 6) is 0.109. The van der Waals surface area contributed by atoms with Crippen LogP contribution in [0.3, 0.4) is 0 Å². The number of anilines is 1. The Labute approximate surface area is 99.0 Å². The molecule has 8 heteroatoms. The van der Waals surface area contributed by atoms with Gasteiger partial charge in [-0.2, -0.15) is 13.2 Å². The van der Waals surface area contributed by atoms with Crippen molar-refractivity contribution in [2.45, 2.75) is 12.1 Å². The Morgan fingerprint density at radius 3 is 2.88 bits per heavy atom. The molecule has 2 aromatic heterocycles. The van der Waals surface area contributed by atoms with Crippen LogP contribution < -0.4 is 5.73 Å². The average Bonchev–Trinajstić information content (AvgIpc) is 2.54. The van der Waals surface area contributed by atoms with Crippen LogP contribution >= 0.6 is 11.8 Å². The van der Waals surface area contributed by atoms with Crippen LogP contribution in [0.15, 0.2) is 18.5 Å². The maximum Gasteiger partial charge on any atom is 0.441 e. The SMILES string of the molecule is Nc1nc2cnccc2n1CCSC(F)(F)F. The number of nitrogens with two attached hydrogens (primary N) is 1. The summed E-state index contributed by atoms with van der Waals surface area (Å²) in [4.78, 5) is 7.89. The summed E-state index contributed by atoms with van der Waals surface area (Å²) in [6, 6.07) is 1.68. The van der Waals surface area contributed by atoms with Gasteiger partial charge in [0.05, 0.1) is 11.7 Å². The second-order valence-electron chi connectivity index (χ2n) is 3.28. The van der Waals surface area contributed by atoms with E-state index in [-0.39, 0.29) is 30.0 Å². The van der Waals surface area contributed by atoms with E-state index in [1.807, 2.05) is 0 Å². The summed E-state index contributed by atoms with van der Waals surface area (Å²) in [6.45, 7) is 0.163. The normalized spacial score (nSPS) is 12.2. The molecule has 2 rings (SSSR count). The highest BCUT2D eigenvalue weighted by molar-refractivity contribution is 8.00. The van der Waals surface area contributed by atoms with Crippen molar-refractivity contribution < 1.29 is 13.2 Å². The molecule has 0 aromatic carbocycles. The quantitative estimate of drug-likeness (QED) is 0.921. The molecule has 2 N–H and O–H groups in total. The molecule has 0 amide bonds. The number of alkyl halides is 3. The molecule has 17 heavy (non-hydrogen) atoms. The highest BCUT2D eigenvalue weighted by Crippen LogP contribution is 2.30. The van der Waals surface area contributed by atoms with Crippen molar-refractivity contribution >= 4 is 28.7 Å². The molecule has 92 valence electrons. The van der Waals surface area contributed by atoms with E-state index < -0.39 is 5.51 Å². The standard InChI is InChI=1S/C9H9F3N4S/c10-9(11,12)17-4-3-16-7-1-2-14-5-6(7)15-8(16)13/h1-2,5H,3-4H2,(H2,13,15). The predicted molar refractivity (Wildman–Crippen MR) is 60.5 cm³/mol. The van der Waals surface area contributed by atoms with Gasteiger partial charge in [-0.3, -0.25) is 4.98 Å². The van der Waals surface area contributed by atoms with Gasteiger partial charge in [-0.05, 0) is 17.8 Å². The number of fused-ring (bicyclic) bond motifs is 1. The molecule has 4 nitrogen and oxygen atoms in total. The average molecular weight is 262 g/mol. The molecular weight excluding hydrogens is 253 g/mol. The summed E-state index contributed by atoms with van der Waals surface area (Å²) in [5, 5.41) is 0. The van der Waals surface area contributed by atoms with Gasteiger partial charge >= 0.3 is 5.51 Å².